The third-order valence-electron chi connectivity index (χ3n) is 3.34. The summed E-state index contributed by atoms with van der Waals surface area (Å²) in [6, 6.07) is 5.21. The molecule has 3 N–H and O–H groups in total. The summed E-state index contributed by atoms with van der Waals surface area (Å²) in [5.41, 5.74) is 6.76. The van der Waals surface area contributed by atoms with Gasteiger partial charge in [0, 0.05) is 31.6 Å². The molecule has 0 aliphatic heterocycles. The van der Waals surface area contributed by atoms with Crippen molar-refractivity contribution in [3.63, 3.8) is 0 Å². The van der Waals surface area contributed by atoms with E-state index in [0.717, 1.165) is 0 Å². The van der Waals surface area contributed by atoms with Crippen molar-refractivity contribution in [3.8, 4) is 0 Å². The van der Waals surface area contributed by atoms with Crippen molar-refractivity contribution in [2.45, 2.75) is 26.4 Å². The monoisotopic (exact) mass is 303 g/mol. The Morgan fingerprint density at radius 1 is 1.41 bits per heavy atom. The molecule has 0 spiro atoms. The molecule has 1 heterocycles. The smallest absolute Gasteiger partial charge is 0.256 e. The van der Waals surface area contributed by atoms with Crippen molar-refractivity contribution in [3.05, 3.63) is 40.2 Å². The Morgan fingerprint density at radius 2 is 2.14 bits per heavy atom. The van der Waals surface area contributed by atoms with E-state index < -0.39 is 5.91 Å². The maximum absolute atomic E-state index is 12.6. The molecule has 1 amide bonds. The first-order valence-electron chi connectivity index (χ1n) is 7.17. The van der Waals surface area contributed by atoms with E-state index in [4.69, 9.17) is 10.5 Å². The molecule has 0 saturated heterocycles. The fourth-order valence-electron chi connectivity index (χ4n) is 2.34. The van der Waals surface area contributed by atoms with Gasteiger partial charge in [0.2, 0.25) is 5.43 Å². The molecule has 0 radical (unpaired) electrons. The van der Waals surface area contributed by atoms with Crippen LogP contribution in [0.25, 0.3) is 10.9 Å². The lowest BCUT2D eigenvalue weighted by atomic mass is 10.1. The molecule has 0 atom stereocenters. The molecule has 118 valence electrons. The largest absolute Gasteiger partial charge is 0.398 e. The first kappa shape index (κ1) is 16.0. The number of ether oxygens (including phenoxy) is 1. The molecule has 1 aromatic carbocycles. The molecule has 2 rings (SSSR count). The highest BCUT2D eigenvalue weighted by Gasteiger charge is 2.17. The number of rotatable bonds is 5. The van der Waals surface area contributed by atoms with Gasteiger partial charge in [-0.2, -0.15) is 0 Å². The number of aromatic nitrogens is 1. The third kappa shape index (κ3) is 3.12. The van der Waals surface area contributed by atoms with Gasteiger partial charge in [-0.25, -0.2) is 0 Å². The van der Waals surface area contributed by atoms with Crippen molar-refractivity contribution >= 4 is 22.5 Å². The molecule has 0 saturated carbocycles. The van der Waals surface area contributed by atoms with Crippen LogP contribution in [-0.4, -0.2) is 30.2 Å². The van der Waals surface area contributed by atoms with Crippen molar-refractivity contribution in [2.24, 2.45) is 0 Å². The second-order valence-corrected chi connectivity index (χ2v) is 5.43. The molecule has 6 heteroatoms. The summed E-state index contributed by atoms with van der Waals surface area (Å²) in [5, 5.41) is 3.11. The van der Waals surface area contributed by atoms with Gasteiger partial charge in [0.25, 0.3) is 5.91 Å². The van der Waals surface area contributed by atoms with Crippen LogP contribution in [0.5, 0.6) is 0 Å². The number of nitrogens with two attached hydrogens (primary N) is 1. The van der Waals surface area contributed by atoms with Gasteiger partial charge in [-0.15, -0.1) is 0 Å². The normalized spacial score (nSPS) is 11.1. The lowest BCUT2D eigenvalue weighted by Gasteiger charge is -2.15. The van der Waals surface area contributed by atoms with Gasteiger partial charge in [0.05, 0.1) is 17.5 Å². The van der Waals surface area contributed by atoms with E-state index in [0.29, 0.717) is 29.7 Å². The van der Waals surface area contributed by atoms with Crippen LogP contribution in [0, 0.1) is 0 Å². The van der Waals surface area contributed by atoms with Gasteiger partial charge < -0.3 is 20.4 Å². The van der Waals surface area contributed by atoms with Crippen molar-refractivity contribution < 1.29 is 9.53 Å². The Hall–Kier alpha value is -2.34. The van der Waals surface area contributed by atoms with Crippen LogP contribution in [0.1, 0.15) is 24.2 Å². The minimum absolute atomic E-state index is 0.0526. The number of hydrogen-bond donors (Lipinski definition) is 2. The molecular weight excluding hydrogens is 282 g/mol. The zero-order valence-corrected chi connectivity index (χ0v) is 13.1. The summed E-state index contributed by atoms with van der Waals surface area (Å²) < 4.78 is 6.91. The lowest BCUT2D eigenvalue weighted by Crippen LogP contribution is -2.34. The molecule has 0 aliphatic carbocycles. The van der Waals surface area contributed by atoms with Gasteiger partial charge in [0.1, 0.15) is 5.56 Å². The number of carbonyl (C=O) groups excluding carboxylic acids is 1. The van der Waals surface area contributed by atoms with Gasteiger partial charge in [-0.1, -0.05) is 6.07 Å². The number of pyridine rings is 1. The zero-order valence-electron chi connectivity index (χ0n) is 13.1. The summed E-state index contributed by atoms with van der Waals surface area (Å²) in [6.07, 6.45) is 1.57. The van der Waals surface area contributed by atoms with E-state index in [-0.39, 0.29) is 17.0 Å². The minimum atomic E-state index is -0.392. The van der Waals surface area contributed by atoms with Crippen LogP contribution in [0.2, 0.25) is 0 Å². The van der Waals surface area contributed by atoms with E-state index in [1.54, 1.807) is 25.4 Å². The number of fused-ring (bicyclic) bond motifs is 1. The van der Waals surface area contributed by atoms with E-state index in [1.165, 1.54) is 0 Å². The molecule has 1 aromatic heterocycles. The number of nitrogens with zero attached hydrogens (tertiary/aromatic N) is 1. The molecule has 0 unspecified atom stereocenters. The van der Waals surface area contributed by atoms with Crippen molar-refractivity contribution in [2.75, 3.05) is 19.5 Å². The van der Waals surface area contributed by atoms with Crippen LogP contribution in [-0.2, 0) is 11.3 Å². The Morgan fingerprint density at radius 3 is 2.77 bits per heavy atom. The number of benzene rings is 1. The summed E-state index contributed by atoms with van der Waals surface area (Å²) >= 11 is 0. The van der Waals surface area contributed by atoms with Crippen molar-refractivity contribution in [1.29, 1.82) is 0 Å². The fraction of sp³-hybridized carbons (Fsp3) is 0.375. The maximum Gasteiger partial charge on any atom is 0.256 e. The molecule has 22 heavy (non-hydrogen) atoms. The first-order chi connectivity index (χ1) is 10.5. The summed E-state index contributed by atoms with van der Waals surface area (Å²) in [7, 11) is 1.60. The quantitative estimate of drug-likeness (QED) is 0.817. The Labute approximate surface area is 128 Å². The maximum atomic E-state index is 12.6. The first-order valence-corrected chi connectivity index (χ1v) is 7.17. The average Bonchev–Trinajstić information content (AvgIpc) is 2.45. The minimum Gasteiger partial charge on any atom is -0.398 e. The standard InChI is InChI=1S/C16H21N3O3/c1-10(2)18-16(21)11-9-19(7-8-22-3)13-6-4-5-12(17)14(13)15(11)20/h4-6,9-10H,7-8,17H2,1-3H3,(H,18,21). The second kappa shape index (κ2) is 6.62. The van der Waals surface area contributed by atoms with E-state index in [9.17, 15) is 9.59 Å². The van der Waals surface area contributed by atoms with E-state index in [1.807, 2.05) is 24.5 Å². The highest BCUT2D eigenvalue weighted by atomic mass is 16.5. The van der Waals surface area contributed by atoms with E-state index >= 15 is 0 Å². The SMILES string of the molecule is COCCn1cc(C(=O)NC(C)C)c(=O)c2c(N)cccc21. The van der Waals surface area contributed by atoms with Gasteiger partial charge >= 0.3 is 0 Å². The predicted molar refractivity (Wildman–Crippen MR) is 87.1 cm³/mol. The van der Waals surface area contributed by atoms with Gasteiger partial charge in [-0.05, 0) is 26.0 Å². The van der Waals surface area contributed by atoms with Gasteiger partial charge in [-0.3, -0.25) is 9.59 Å². The number of nitrogens with one attached hydrogen (secondary N) is 1. The number of anilines is 1. The number of nitrogen functional groups attached to an aromatic ring is 1. The Balaban J connectivity index is 2.67. The van der Waals surface area contributed by atoms with Crippen LogP contribution in [0.4, 0.5) is 5.69 Å². The number of amides is 1. The number of carbonyl (C=O) groups is 1. The summed E-state index contributed by atoms with van der Waals surface area (Å²) in [4.78, 5) is 24.9. The van der Waals surface area contributed by atoms with Crippen LogP contribution < -0.4 is 16.5 Å². The summed E-state index contributed by atoms with van der Waals surface area (Å²) in [5.74, 6) is -0.392. The molecule has 0 fully saturated rings. The van der Waals surface area contributed by atoms with Gasteiger partial charge in [0.15, 0.2) is 0 Å². The molecular formula is C16H21N3O3. The molecule has 6 nitrogen and oxygen atoms in total. The molecule has 2 aromatic rings. The van der Waals surface area contributed by atoms with E-state index in [2.05, 4.69) is 5.32 Å². The topological polar surface area (TPSA) is 86.3 Å². The van der Waals surface area contributed by atoms with Crippen LogP contribution in [0.3, 0.4) is 0 Å². The Kier molecular flexibility index (Phi) is 4.82. The van der Waals surface area contributed by atoms with Crippen LogP contribution in [0.15, 0.2) is 29.2 Å². The number of methoxy groups -OCH3 is 1. The molecule has 0 bridgehead atoms. The highest BCUT2D eigenvalue weighted by molar-refractivity contribution is 6.00. The Bertz CT molecular complexity index is 750. The zero-order chi connectivity index (χ0) is 16.3. The predicted octanol–water partition coefficient (Wildman–Crippen LogP) is 1.37. The second-order valence-electron chi connectivity index (χ2n) is 5.43. The highest BCUT2D eigenvalue weighted by Crippen LogP contribution is 2.18. The van der Waals surface area contributed by atoms with Crippen LogP contribution >= 0.6 is 0 Å². The van der Waals surface area contributed by atoms with Crippen molar-refractivity contribution in [1.82, 2.24) is 9.88 Å². The number of hydrogen-bond acceptors (Lipinski definition) is 4. The lowest BCUT2D eigenvalue weighted by molar-refractivity contribution is 0.0941. The summed E-state index contributed by atoms with van der Waals surface area (Å²) in [6.45, 7) is 4.68. The third-order valence-corrected chi connectivity index (χ3v) is 3.34. The average molecular weight is 303 g/mol. The fourth-order valence-corrected chi connectivity index (χ4v) is 2.34. The molecule has 0 aliphatic rings.